The molecule has 0 amide bonds. The lowest BCUT2D eigenvalue weighted by Crippen LogP contribution is -2.01. The molecule has 0 saturated carbocycles. The van der Waals surface area contributed by atoms with Crippen LogP contribution in [0.25, 0.3) is 6.08 Å². The van der Waals surface area contributed by atoms with Gasteiger partial charge in [-0.05, 0) is 29.8 Å². The highest BCUT2D eigenvalue weighted by Gasteiger charge is 2.17. The van der Waals surface area contributed by atoms with Gasteiger partial charge in [-0.2, -0.15) is 5.26 Å². The molecule has 0 unspecified atom stereocenters. The van der Waals surface area contributed by atoms with Crippen molar-refractivity contribution in [2.24, 2.45) is 0 Å². The smallest absolute Gasteiger partial charge is 0.283 e. The van der Waals surface area contributed by atoms with E-state index in [0.717, 1.165) is 4.90 Å². The van der Waals surface area contributed by atoms with Crippen molar-refractivity contribution in [3.63, 3.8) is 0 Å². The highest BCUT2D eigenvalue weighted by molar-refractivity contribution is 7.99. The fraction of sp³-hybridized carbons (Fsp3) is 0. The quantitative estimate of drug-likeness (QED) is 0.183. The molecule has 0 N–H and O–H groups in total. The summed E-state index contributed by atoms with van der Waals surface area (Å²) in [4.78, 5) is 24.9. The molecule has 0 aliphatic carbocycles. The summed E-state index contributed by atoms with van der Waals surface area (Å²) >= 11 is 1.28. The van der Waals surface area contributed by atoms with E-state index in [1.165, 1.54) is 23.9 Å². The molecular weight excluding hydrogens is 372 g/mol. The Labute approximate surface area is 166 Å². The Balaban J connectivity index is 1.95. The number of rotatable bonds is 6. The van der Waals surface area contributed by atoms with Gasteiger partial charge in [0.15, 0.2) is 0 Å². The molecule has 5 nitrogen and oxygen atoms in total. The van der Waals surface area contributed by atoms with Crippen LogP contribution in [0.2, 0.25) is 0 Å². The number of carbonyl (C=O) groups excluding carboxylic acids is 1. The summed E-state index contributed by atoms with van der Waals surface area (Å²) in [6, 6.07) is 24.3. The van der Waals surface area contributed by atoms with Crippen LogP contribution in [-0.4, -0.2) is 10.7 Å². The van der Waals surface area contributed by atoms with Crippen molar-refractivity contribution in [1.82, 2.24) is 0 Å². The SMILES string of the molecule is N#C/C(=C/c1ccc(Sc2ccccc2)c([N+](=O)[O-])c1)C(=O)c1ccccc1. The number of nitriles is 1. The van der Waals surface area contributed by atoms with E-state index in [-0.39, 0.29) is 11.3 Å². The fourth-order valence-electron chi connectivity index (χ4n) is 2.53. The fourth-order valence-corrected chi connectivity index (χ4v) is 3.45. The summed E-state index contributed by atoms with van der Waals surface area (Å²) in [5.41, 5.74) is 0.655. The molecule has 28 heavy (non-hydrogen) atoms. The lowest BCUT2D eigenvalue weighted by molar-refractivity contribution is -0.387. The molecule has 3 aromatic rings. The summed E-state index contributed by atoms with van der Waals surface area (Å²) in [5.74, 6) is -0.423. The molecule has 6 heteroatoms. The first-order valence-corrected chi connectivity index (χ1v) is 9.13. The van der Waals surface area contributed by atoms with Gasteiger partial charge in [-0.1, -0.05) is 66.4 Å². The molecule has 136 valence electrons. The molecule has 3 rings (SSSR count). The van der Waals surface area contributed by atoms with Crippen molar-refractivity contribution in [3.8, 4) is 6.07 Å². The van der Waals surface area contributed by atoms with Crippen LogP contribution in [0.3, 0.4) is 0 Å². The minimum atomic E-state index is -0.465. The van der Waals surface area contributed by atoms with Gasteiger partial charge in [-0.25, -0.2) is 0 Å². The monoisotopic (exact) mass is 386 g/mol. The van der Waals surface area contributed by atoms with Crippen molar-refractivity contribution >= 4 is 29.3 Å². The number of nitro groups is 1. The first-order chi connectivity index (χ1) is 13.6. The normalized spacial score (nSPS) is 10.9. The molecule has 0 aliphatic rings. The average molecular weight is 386 g/mol. The van der Waals surface area contributed by atoms with Crippen LogP contribution in [-0.2, 0) is 0 Å². The van der Waals surface area contributed by atoms with Crippen molar-refractivity contribution in [2.75, 3.05) is 0 Å². The van der Waals surface area contributed by atoms with Crippen LogP contribution in [0, 0.1) is 21.4 Å². The summed E-state index contributed by atoms with van der Waals surface area (Å²) in [6.07, 6.45) is 1.37. The van der Waals surface area contributed by atoms with E-state index in [4.69, 9.17) is 0 Å². The Morgan fingerprint density at radius 3 is 2.25 bits per heavy atom. The molecule has 0 saturated heterocycles. The molecule has 0 bridgehead atoms. The molecule has 0 atom stereocenters. The Morgan fingerprint density at radius 1 is 1.00 bits per heavy atom. The van der Waals surface area contributed by atoms with Crippen molar-refractivity contribution < 1.29 is 9.72 Å². The van der Waals surface area contributed by atoms with Gasteiger partial charge in [0, 0.05) is 16.5 Å². The highest BCUT2D eigenvalue weighted by Crippen LogP contribution is 2.35. The Morgan fingerprint density at radius 2 is 1.64 bits per heavy atom. The van der Waals surface area contributed by atoms with Gasteiger partial charge in [-0.3, -0.25) is 14.9 Å². The van der Waals surface area contributed by atoms with Crippen molar-refractivity contribution in [3.05, 3.63) is 106 Å². The van der Waals surface area contributed by atoms with E-state index < -0.39 is 10.7 Å². The van der Waals surface area contributed by atoms with Crippen LogP contribution < -0.4 is 0 Å². The molecular formula is C22H14N2O3S. The number of allylic oxidation sites excluding steroid dienone is 1. The van der Waals surface area contributed by atoms with Gasteiger partial charge >= 0.3 is 0 Å². The highest BCUT2D eigenvalue weighted by atomic mass is 32.2. The van der Waals surface area contributed by atoms with E-state index >= 15 is 0 Å². The van der Waals surface area contributed by atoms with Gasteiger partial charge in [-0.15, -0.1) is 0 Å². The van der Waals surface area contributed by atoms with Gasteiger partial charge in [0.1, 0.15) is 11.6 Å². The first kappa shape index (κ1) is 19.1. The predicted octanol–water partition coefficient (Wildman–Crippen LogP) is 5.54. The Hall–Kier alpha value is -3.69. The zero-order valence-electron chi connectivity index (χ0n) is 14.6. The van der Waals surface area contributed by atoms with Crippen molar-refractivity contribution in [2.45, 2.75) is 9.79 Å². The summed E-state index contributed by atoms with van der Waals surface area (Å²) < 4.78 is 0. The lowest BCUT2D eigenvalue weighted by Gasteiger charge is -2.05. The minimum Gasteiger partial charge on any atom is -0.288 e. The minimum absolute atomic E-state index is 0.0768. The van der Waals surface area contributed by atoms with Gasteiger partial charge in [0.2, 0.25) is 5.78 Å². The van der Waals surface area contributed by atoms with E-state index in [1.54, 1.807) is 42.5 Å². The van der Waals surface area contributed by atoms with E-state index in [9.17, 15) is 20.2 Å². The van der Waals surface area contributed by atoms with E-state index in [0.29, 0.717) is 16.0 Å². The number of hydrogen-bond acceptors (Lipinski definition) is 5. The molecule has 3 aromatic carbocycles. The third kappa shape index (κ3) is 4.53. The second-order valence-corrected chi connectivity index (χ2v) is 6.88. The largest absolute Gasteiger partial charge is 0.288 e. The van der Waals surface area contributed by atoms with Crippen LogP contribution >= 0.6 is 11.8 Å². The van der Waals surface area contributed by atoms with Crippen LogP contribution in [0.15, 0.2) is 94.2 Å². The topological polar surface area (TPSA) is 84.0 Å². The number of nitro benzene ring substituents is 1. The number of ketones is 1. The number of hydrogen-bond donors (Lipinski definition) is 0. The number of carbonyl (C=O) groups is 1. The number of Topliss-reactive ketones (excluding diaryl/α,β-unsaturated/α-hetero) is 1. The Kier molecular flexibility index (Phi) is 6.00. The number of nitrogens with zero attached hydrogens (tertiary/aromatic N) is 2. The second kappa shape index (κ2) is 8.80. The standard InChI is InChI=1S/C22H14N2O3S/c23-15-18(22(25)17-7-3-1-4-8-17)13-16-11-12-21(20(14-16)24(26)27)28-19-9-5-2-6-10-19/h1-14H/b18-13-. The van der Waals surface area contributed by atoms with Crippen molar-refractivity contribution in [1.29, 1.82) is 5.26 Å². The molecule has 0 radical (unpaired) electrons. The maximum atomic E-state index is 12.5. The van der Waals surface area contributed by atoms with Gasteiger partial charge < -0.3 is 0 Å². The second-order valence-electron chi connectivity index (χ2n) is 5.76. The maximum Gasteiger partial charge on any atom is 0.283 e. The lowest BCUT2D eigenvalue weighted by atomic mass is 10.0. The van der Waals surface area contributed by atoms with Crippen LogP contribution in [0.5, 0.6) is 0 Å². The first-order valence-electron chi connectivity index (χ1n) is 8.31. The zero-order chi connectivity index (χ0) is 19.9. The summed E-state index contributed by atoms with van der Waals surface area (Å²) in [7, 11) is 0. The third-order valence-electron chi connectivity index (χ3n) is 3.86. The van der Waals surface area contributed by atoms with Crippen LogP contribution in [0.1, 0.15) is 15.9 Å². The van der Waals surface area contributed by atoms with Gasteiger partial charge in [0.05, 0.1) is 9.82 Å². The zero-order valence-corrected chi connectivity index (χ0v) is 15.4. The predicted molar refractivity (Wildman–Crippen MR) is 108 cm³/mol. The van der Waals surface area contributed by atoms with E-state index in [2.05, 4.69) is 0 Å². The maximum absolute atomic E-state index is 12.5. The summed E-state index contributed by atoms with van der Waals surface area (Å²) in [6.45, 7) is 0. The van der Waals surface area contributed by atoms with Crippen LogP contribution in [0.4, 0.5) is 5.69 Å². The molecule has 0 fully saturated rings. The average Bonchev–Trinajstić information content (AvgIpc) is 2.73. The molecule has 0 heterocycles. The van der Waals surface area contributed by atoms with Gasteiger partial charge in [0.25, 0.3) is 5.69 Å². The van der Waals surface area contributed by atoms with E-state index in [1.807, 2.05) is 36.4 Å². The Bertz CT molecular complexity index is 1090. The number of benzene rings is 3. The summed E-state index contributed by atoms with van der Waals surface area (Å²) in [5, 5.41) is 20.9. The molecule has 0 aliphatic heterocycles. The molecule has 0 aromatic heterocycles. The third-order valence-corrected chi connectivity index (χ3v) is 4.94. The molecule has 0 spiro atoms.